The van der Waals surface area contributed by atoms with E-state index in [1.165, 1.54) is 37.0 Å². The molecule has 1 aromatic heterocycles. The Kier molecular flexibility index (Phi) is 8.06. The molecule has 3 N–H and O–H groups in total. The lowest BCUT2D eigenvalue weighted by Gasteiger charge is -2.10. The average Bonchev–Trinajstić information content (AvgIpc) is 3.09. The van der Waals surface area contributed by atoms with Crippen molar-refractivity contribution >= 4 is 29.7 Å². The van der Waals surface area contributed by atoms with Crippen LogP contribution in [0.4, 0.5) is 0 Å². The second-order valence-electron chi connectivity index (χ2n) is 4.72. The molecule has 20 heavy (non-hydrogen) atoms. The minimum atomic E-state index is -0.128. The molecular formula is C13H22ClN3O2S. The van der Waals surface area contributed by atoms with Gasteiger partial charge in [-0.25, -0.2) is 4.98 Å². The lowest BCUT2D eigenvalue weighted by molar-refractivity contribution is 0.0565. The highest BCUT2D eigenvalue weighted by Gasteiger charge is 2.14. The summed E-state index contributed by atoms with van der Waals surface area (Å²) in [4.78, 5) is 15.9. The molecule has 7 heteroatoms. The molecule has 0 radical (unpaired) electrons. The second kappa shape index (κ2) is 9.28. The molecule has 0 atom stereocenters. The molecule has 1 aliphatic carbocycles. The fourth-order valence-corrected chi connectivity index (χ4v) is 2.83. The summed E-state index contributed by atoms with van der Waals surface area (Å²) in [7, 11) is 0. The molecule has 1 aromatic rings. The second-order valence-corrected chi connectivity index (χ2v) is 5.66. The summed E-state index contributed by atoms with van der Waals surface area (Å²) < 4.78 is 5.73. The van der Waals surface area contributed by atoms with E-state index in [9.17, 15) is 4.79 Å². The third kappa shape index (κ3) is 5.36. The number of hydrogen-bond acceptors (Lipinski definition) is 5. The number of rotatable bonds is 7. The van der Waals surface area contributed by atoms with Gasteiger partial charge in [0.05, 0.1) is 6.10 Å². The molecule has 2 rings (SSSR count). The van der Waals surface area contributed by atoms with Crippen LogP contribution in [0.25, 0.3) is 0 Å². The number of aromatic nitrogens is 1. The summed E-state index contributed by atoms with van der Waals surface area (Å²) in [6, 6.07) is 0. The number of carbonyl (C=O) groups is 1. The van der Waals surface area contributed by atoms with Crippen molar-refractivity contribution in [2.45, 2.75) is 44.8 Å². The maximum Gasteiger partial charge on any atom is 0.270 e. The Morgan fingerprint density at radius 2 is 2.25 bits per heavy atom. The summed E-state index contributed by atoms with van der Waals surface area (Å²) in [5.74, 6) is -0.128. The van der Waals surface area contributed by atoms with E-state index in [0.717, 1.165) is 18.0 Å². The molecule has 0 unspecified atom stereocenters. The van der Waals surface area contributed by atoms with E-state index in [4.69, 9.17) is 10.5 Å². The van der Waals surface area contributed by atoms with Crippen molar-refractivity contribution in [2.75, 3.05) is 13.2 Å². The third-order valence-corrected chi connectivity index (χ3v) is 4.09. The standard InChI is InChI=1S/C13H21N3O2S.ClH/c14-8-12-16-11(9-19-12)13(17)15-6-3-7-18-10-4-1-2-5-10;/h9-10H,1-8,14H2,(H,15,17);1H. The average molecular weight is 320 g/mol. The van der Waals surface area contributed by atoms with Gasteiger partial charge in [-0.15, -0.1) is 23.7 Å². The fourth-order valence-electron chi connectivity index (χ4n) is 2.18. The SMILES string of the molecule is Cl.NCc1nc(C(=O)NCCCOC2CCCC2)cs1. The summed E-state index contributed by atoms with van der Waals surface area (Å²) in [5, 5.41) is 5.38. The van der Waals surface area contributed by atoms with Crippen molar-refractivity contribution in [3.05, 3.63) is 16.1 Å². The van der Waals surface area contributed by atoms with E-state index in [0.29, 0.717) is 24.9 Å². The van der Waals surface area contributed by atoms with Crippen molar-refractivity contribution in [2.24, 2.45) is 5.73 Å². The highest BCUT2D eigenvalue weighted by atomic mass is 35.5. The first-order valence-corrected chi connectivity index (χ1v) is 7.72. The number of thiazole rings is 1. The molecule has 1 fully saturated rings. The van der Waals surface area contributed by atoms with Gasteiger partial charge in [0.2, 0.25) is 0 Å². The molecule has 0 aliphatic heterocycles. The van der Waals surface area contributed by atoms with Gasteiger partial charge in [-0.3, -0.25) is 4.79 Å². The van der Waals surface area contributed by atoms with E-state index in [-0.39, 0.29) is 18.3 Å². The lowest BCUT2D eigenvalue weighted by Crippen LogP contribution is -2.26. The topological polar surface area (TPSA) is 77.2 Å². The maximum absolute atomic E-state index is 11.7. The van der Waals surface area contributed by atoms with Crippen molar-refractivity contribution < 1.29 is 9.53 Å². The summed E-state index contributed by atoms with van der Waals surface area (Å²) in [6.07, 6.45) is 6.24. The van der Waals surface area contributed by atoms with E-state index < -0.39 is 0 Å². The fraction of sp³-hybridized carbons (Fsp3) is 0.692. The van der Waals surface area contributed by atoms with Gasteiger partial charge in [0.15, 0.2) is 0 Å². The van der Waals surface area contributed by atoms with Gasteiger partial charge in [0.1, 0.15) is 10.7 Å². The first-order valence-electron chi connectivity index (χ1n) is 6.84. The van der Waals surface area contributed by atoms with Gasteiger partial charge < -0.3 is 15.8 Å². The first kappa shape index (κ1) is 17.4. The zero-order valence-electron chi connectivity index (χ0n) is 11.5. The van der Waals surface area contributed by atoms with Gasteiger partial charge in [-0.05, 0) is 19.3 Å². The maximum atomic E-state index is 11.7. The molecule has 0 aromatic carbocycles. The number of amides is 1. The number of ether oxygens (including phenoxy) is 1. The van der Waals surface area contributed by atoms with Crippen LogP contribution in [-0.4, -0.2) is 30.1 Å². The third-order valence-electron chi connectivity index (χ3n) is 3.22. The van der Waals surface area contributed by atoms with Gasteiger partial charge in [-0.1, -0.05) is 12.8 Å². The number of carbonyl (C=O) groups excluding carboxylic acids is 1. The highest BCUT2D eigenvalue weighted by Crippen LogP contribution is 2.20. The highest BCUT2D eigenvalue weighted by molar-refractivity contribution is 7.09. The van der Waals surface area contributed by atoms with E-state index in [1.807, 2.05) is 0 Å². The summed E-state index contributed by atoms with van der Waals surface area (Å²) >= 11 is 1.42. The normalized spacial score (nSPS) is 15.1. The predicted octanol–water partition coefficient (Wildman–Crippen LogP) is 2.10. The Morgan fingerprint density at radius 1 is 1.50 bits per heavy atom. The van der Waals surface area contributed by atoms with Crippen LogP contribution in [0.3, 0.4) is 0 Å². The Morgan fingerprint density at radius 3 is 2.90 bits per heavy atom. The zero-order chi connectivity index (χ0) is 13.5. The molecule has 1 saturated carbocycles. The van der Waals surface area contributed by atoms with E-state index in [1.54, 1.807) is 5.38 Å². The van der Waals surface area contributed by atoms with Gasteiger partial charge >= 0.3 is 0 Å². The molecule has 1 aliphatic rings. The zero-order valence-corrected chi connectivity index (χ0v) is 13.1. The van der Waals surface area contributed by atoms with Crippen LogP contribution >= 0.6 is 23.7 Å². The summed E-state index contributed by atoms with van der Waals surface area (Å²) in [6.45, 7) is 1.73. The van der Waals surface area contributed by atoms with Crippen LogP contribution in [0.5, 0.6) is 0 Å². The number of hydrogen-bond donors (Lipinski definition) is 2. The Hall–Kier alpha value is -0.690. The largest absolute Gasteiger partial charge is 0.378 e. The molecule has 1 heterocycles. The van der Waals surface area contributed by atoms with Gasteiger partial charge in [0.25, 0.3) is 5.91 Å². The molecule has 0 bridgehead atoms. The first-order chi connectivity index (χ1) is 9.29. The van der Waals surface area contributed by atoms with E-state index in [2.05, 4.69) is 10.3 Å². The van der Waals surface area contributed by atoms with Crippen LogP contribution in [0.1, 0.15) is 47.6 Å². The minimum Gasteiger partial charge on any atom is -0.378 e. The van der Waals surface area contributed by atoms with Crippen LogP contribution in [-0.2, 0) is 11.3 Å². The number of nitrogens with zero attached hydrogens (tertiary/aromatic N) is 1. The van der Waals surface area contributed by atoms with Crippen molar-refractivity contribution in [3.63, 3.8) is 0 Å². The van der Waals surface area contributed by atoms with Crippen LogP contribution in [0, 0.1) is 0 Å². The van der Waals surface area contributed by atoms with Crippen molar-refractivity contribution in [3.8, 4) is 0 Å². The molecular weight excluding hydrogens is 298 g/mol. The van der Waals surface area contributed by atoms with Gasteiger partial charge in [-0.2, -0.15) is 0 Å². The number of nitrogens with one attached hydrogen (secondary N) is 1. The lowest BCUT2D eigenvalue weighted by atomic mass is 10.3. The van der Waals surface area contributed by atoms with E-state index >= 15 is 0 Å². The quantitative estimate of drug-likeness (QED) is 0.755. The Balaban J connectivity index is 0.00000200. The van der Waals surface area contributed by atoms with Crippen LogP contribution in [0.2, 0.25) is 0 Å². The minimum absolute atomic E-state index is 0. The molecule has 5 nitrogen and oxygen atoms in total. The summed E-state index contributed by atoms with van der Waals surface area (Å²) in [5.41, 5.74) is 5.92. The molecule has 114 valence electrons. The molecule has 1 amide bonds. The van der Waals surface area contributed by atoms with Crippen molar-refractivity contribution in [1.29, 1.82) is 0 Å². The van der Waals surface area contributed by atoms with Crippen molar-refractivity contribution in [1.82, 2.24) is 10.3 Å². The van der Waals surface area contributed by atoms with Gasteiger partial charge in [0, 0.05) is 25.1 Å². The Bertz CT molecular complexity index is 408. The number of nitrogens with two attached hydrogens (primary N) is 1. The monoisotopic (exact) mass is 319 g/mol. The van der Waals surface area contributed by atoms with Crippen LogP contribution < -0.4 is 11.1 Å². The predicted molar refractivity (Wildman–Crippen MR) is 82.4 cm³/mol. The number of halogens is 1. The Labute approximate surface area is 129 Å². The smallest absolute Gasteiger partial charge is 0.270 e. The molecule has 0 spiro atoms. The van der Waals surface area contributed by atoms with Crippen LogP contribution in [0.15, 0.2) is 5.38 Å². The molecule has 0 saturated heterocycles.